The highest BCUT2D eigenvalue weighted by Crippen LogP contribution is 2.32. The van der Waals surface area contributed by atoms with Gasteiger partial charge in [-0.05, 0) is 86.3 Å². The lowest BCUT2D eigenvalue weighted by Crippen LogP contribution is -2.46. The standard InChI is InChI=1S/C52H45NO5/c1-52(2,3)46-31-32-48(58-51(57)44-29-25-42(26-30-44)39-17-11-6-12-18-39)45(34-46)35-53(49(54)43-27-23-41(24-28-43)38-15-9-5-10-16-38)47(50(55)56)33-36-19-21-40(22-20-36)37-13-7-4-8-14-37/h4-32,34,47H,33,35H2,1-3H3,(H,55,56). The predicted molar refractivity (Wildman–Crippen MR) is 231 cm³/mol. The number of hydrogen-bond donors (Lipinski definition) is 1. The average Bonchev–Trinajstić information content (AvgIpc) is 3.26. The number of ether oxygens (including phenoxy) is 1. The van der Waals surface area contributed by atoms with Gasteiger partial charge in [0.05, 0.1) is 12.1 Å². The summed E-state index contributed by atoms with van der Waals surface area (Å²) in [6, 6.07) is 56.2. The van der Waals surface area contributed by atoms with Crippen molar-refractivity contribution in [3.05, 3.63) is 210 Å². The Hall–Kier alpha value is -7.05. The van der Waals surface area contributed by atoms with Gasteiger partial charge in [0.25, 0.3) is 5.91 Å². The molecule has 0 fully saturated rings. The van der Waals surface area contributed by atoms with Crippen LogP contribution in [-0.4, -0.2) is 33.9 Å². The third-order valence-corrected chi connectivity index (χ3v) is 10.3. The van der Waals surface area contributed by atoms with Gasteiger partial charge < -0.3 is 14.7 Å². The van der Waals surface area contributed by atoms with Gasteiger partial charge in [0, 0.05) is 17.5 Å². The van der Waals surface area contributed by atoms with Crippen molar-refractivity contribution in [2.24, 2.45) is 0 Å². The molecular weight excluding hydrogens is 719 g/mol. The highest BCUT2D eigenvalue weighted by Gasteiger charge is 2.32. The third-order valence-electron chi connectivity index (χ3n) is 10.3. The van der Waals surface area contributed by atoms with E-state index in [2.05, 4.69) is 20.8 Å². The summed E-state index contributed by atoms with van der Waals surface area (Å²) in [5.41, 5.74) is 8.61. The molecule has 0 bridgehead atoms. The second kappa shape index (κ2) is 17.4. The van der Waals surface area contributed by atoms with Gasteiger partial charge in [0.2, 0.25) is 0 Å². The van der Waals surface area contributed by atoms with Crippen molar-refractivity contribution in [2.75, 3.05) is 0 Å². The van der Waals surface area contributed by atoms with E-state index in [1.54, 1.807) is 30.3 Å². The summed E-state index contributed by atoms with van der Waals surface area (Å²) < 4.78 is 6.09. The second-order valence-corrected chi connectivity index (χ2v) is 15.4. The van der Waals surface area contributed by atoms with E-state index in [9.17, 15) is 19.5 Å². The Balaban J connectivity index is 1.24. The first-order chi connectivity index (χ1) is 28.0. The second-order valence-electron chi connectivity index (χ2n) is 15.4. The molecule has 7 aromatic rings. The molecule has 0 aromatic heterocycles. The quantitative estimate of drug-likeness (QED) is 0.0989. The fourth-order valence-electron chi connectivity index (χ4n) is 6.98. The molecule has 0 aliphatic rings. The Bertz CT molecular complexity index is 2490. The smallest absolute Gasteiger partial charge is 0.343 e. The largest absolute Gasteiger partial charge is 0.480 e. The topological polar surface area (TPSA) is 83.9 Å². The number of hydrogen-bond acceptors (Lipinski definition) is 4. The van der Waals surface area contributed by atoms with Crippen LogP contribution in [0.1, 0.15) is 58.2 Å². The molecule has 1 amide bonds. The van der Waals surface area contributed by atoms with Crippen molar-refractivity contribution in [3.63, 3.8) is 0 Å². The number of carboxylic acids is 1. The highest BCUT2D eigenvalue weighted by molar-refractivity contribution is 5.97. The third kappa shape index (κ3) is 9.31. The minimum absolute atomic E-state index is 0.0556. The Morgan fingerprint density at radius 3 is 1.43 bits per heavy atom. The van der Waals surface area contributed by atoms with Crippen LogP contribution in [0, 0.1) is 0 Å². The molecule has 288 valence electrons. The van der Waals surface area contributed by atoms with Crippen LogP contribution in [0.5, 0.6) is 5.75 Å². The maximum absolute atomic E-state index is 14.7. The maximum Gasteiger partial charge on any atom is 0.343 e. The van der Waals surface area contributed by atoms with Gasteiger partial charge in [-0.15, -0.1) is 0 Å². The van der Waals surface area contributed by atoms with Gasteiger partial charge in [-0.3, -0.25) is 4.79 Å². The summed E-state index contributed by atoms with van der Waals surface area (Å²) in [6.45, 7) is 6.09. The molecule has 7 rings (SSSR count). The molecule has 6 nitrogen and oxygen atoms in total. The molecule has 58 heavy (non-hydrogen) atoms. The molecule has 7 aromatic carbocycles. The number of benzene rings is 7. The fourth-order valence-corrected chi connectivity index (χ4v) is 6.98. The summed E-state index contributed by atoms with van der Waals surface area (Å²) in [4.78, 5) is 43.1. The van der Waals surface area contributed by atoms with Gasteiger partial charge in [0.15, 0.2) is 0 Å². The number of aliphatic carboxylic acids is 1. The molecule has 0 saturated carbocycles. The van der Waals surface area contributed by atoms with Crippen LogP contribution in [0.2, 0.25) is 0 Å². The van der Waals surface area contributed by atoms with Crippen LogP contribution < -0.4 is 4.74 Å². The van der Waals surface area contributed by atoms with E-state index in [-0.39, 0.29) is 24.1 Å². The number of esters is 1. The van der Waals surface area contributed by atoms with E-state index in [0.717, 1.165) is 44.5 Å². The average molecular weight is 764 g/mol. The molecule has 0 heterocycles. The van der Waals surface area contributed by atoms with Gasteiger partial charge in [-0.25, -0.2) is 9.59 Å². The summed E-state index contributed by atoms with van der Waals surface area (Å²) in [6.07, 6.45) is 0.0556. The van der Waals surface area contributed by atoms with E-state index < -0.39 is 23.9 Å². The molecule has 0 radical (unpaired) electrons. The van der Waals surface area contributed by atoms with E-state index in [4.69, 9.17) is 4.74 Å². The van der Waals surface area contributed by atoms with Crippen molar-refractivity contribution in [1.82, 2.24) is 4.90 Å². The Labute approximate surface area is 340 Å². The van der Waals surface area contributed by atoms with Crippen LogP contribution in [0.3, 0.4) is 0 Å². The zero-order valence-corrected chi connectivity index (χ0v) is 32.8. The molecule has 6 heteroatoms. The summed E-state index contributed by atoms with van der Waals surface area (Å²) >= 11 is 0. The number of rotatable bonds is 12. The van der Waals surface area contributed by atoms with E-state index >= 15 is 0 Å². The zero-order chi connectivity index (χ0) is 40.6. The lowest BCUT2D eigenvalue weighted by Gasteiger charge is -2.31. The molecular formula is C52H45NO5. The van der Waals surface area contributed by atoms with Crippen molar-refractivity contribution in [3.8, 4) is 39.1 Å². The van der Waals surface area contributed by atoms with Crippen molar-refractivity contribution in [2.45, 2.75) is 45.2 Å². The maximum atomic E-state index is 14.7. The first kappa shape index (κ1) is 39.2. The molecule has 0 aliphatic carbocycles. The molecule has 0 saturated heterocycles. The molecule has 0 spiro atoms. The summed E-state index contributed by atoms with van der Waals surface area (Å²) in [5.74, 6) is -1.92. The minimum atomic E-state index is -1.25. The highest BCUT2D eigenvalue weighted by atomic mass is 16.5. The molecule has 0 aliphatic heterocycles. The van der Waals surface area contributed by atoms with Gasteiger partial charge in [0.1, 0.15) is 11.8 Å². The monoisotopic (exact) mass is 763 g/mol. The SMILES string of the molecule is CC(C)(C)c1ccc(OC(=O)c2ccc(-c3ccccc3)cc2)c(CN(C(=O)c2ccc(-c3ccccc3)cc2)C(Cc2ccc(-c3ccccc3)cc2)C(=O)O)c1. The first-order valence-electron chi connectivity index (χ1n) is 19.4. The van der Waals surface area contributed by atoms with Crippen LogP contribution in [0.25, 0.3) is 33.4 Å². The first-order valence-corrected chi connectivity index (χ1v) is 19.4. The summed E-state index contributed by atoms with van der Waals surface area (Å²) in [7, 11) is 0. The Morgan fingerprint density at radius 1 is 0.552 bits per heavy atom. The number of carbonyl (C=O) groups excluding carboxylic acids is 2. The van der Waals surface area contributed by atoms with E-state index in [1.165, 1.54) is 4.90 Å². The van der Waals surface area contributed by atoms with Crippen LogP contribution >= 0.6 is 0 Å². The number of carbonyl (C=O) groups is 3. The van der Waals surface area contributed by atoms with Crippen molar-refractivity contribution in [1.29, 1.82) is 0 Å². The van der Waals surface area contributed by atoms with Crippen LogP contribution in [0.4, 0.5) is 0 Å². The molecule has 1 unspecified atom stereocenters. The van der Waals surface area contributed by atoms with Crippen LogP contribution in [-0.2, 0) is 23.2 Å². The predicted octanol–water partition coefficient (Wildman–Crippen LogP) is 11.5. The lowest BCUT2D eigenvalue weighted by molar-refractivity contribution is -0.142. The number of carboxylic acid groups (broad SMARTS) is 1. The molecule has 1 atom stereocenters. The van der Waals surface area contributed by atoms with E-state index in [1.807, 2.05) is 152 Å². The van der Waals surface area contributed by atoms with E-state index in [0.29, 0.717) is 16.7 Å². The van der Waals surface area contributed by atoms with Gasteiger partial charge >= 0.3 is 11.9 Å². The van der Waals surface area contributed by atoms with Gasteiger partial charge in [-0.2, -0.15) is 0 Å². The minimum Gasteiger partial charge on any atom is -0.480 e. The van der Waals surface area contributed by atoms with Crippen molar-refractivity contribution >= 4 is 17.8 Å². The number of amides is 1. The van der Waals surface area contributed by atoms with Crippen molar-refractivity contribution < 1.29 is 24.2 Å². The summed E-state index contributed by atoms with van der Waals surface area (Å²) in [5, 5.41) is 10.9. The fraction of sp³-hybridized carbons (Fsp3) is 0.135. The molecule has 1 N–H and O–H groups in total. The number of nitrogens with zero attached hydrogens (tertiary/aromatic N) is 1. The lowest BCUT2D eigenvalue weighted by atomic mass is 9.86. The van der Waals surface area contributed by atoms with Crippen LogP contribution in [0.15, 0.2) is 182 Å². The Kier molecular flexibility index (Phi) is 11.8. The van der Waals surface area contributed by atoms with Gasteiger partial charge in [-0.1, -0.05) is 166 Å². The normalized spacial score (nSPS) is 11.7. The zero-order valence-electron chi connectivity index (χ0n) is 32.8. The Morgan fingerprint density at radius 2 is 0.983 bits per heavy atom.